The van der Waals surface area contributed by atoms with E-state index < -0.39 is 0 Å². The van der Waals surface area contributed by atoms with Crippen LogP contribution in [0.3, 0.4) is 0 Å². The normalized spacial score (nSPS) is 13.7. The SMILES string of the molecule is Cc1sc2nc(CSC(C)C(=O)Nc3ccc4c(c3)OCO4)[nH]c(=O)c2c1C. The molecule has 1 aliphatic heterocycles. The zero-order chi connectivity index (χ0) is 19.8. The van der Waals surface area contributed by atoms with E-state index in [1.807, 2.05) is 20.8 Å². The van der Waals surface area contributed by atoms with Crippen molar-refractivity contribution in [3.8, 4) is 11.5 Å². The van der Waals surface area contributed by atoms with Crippen LogP contribution in [0, 0.1) is 13.8 Å². The molecule has 0 radical (unpaired) electrons. The van der Waals surface area contributed by atoms with Gasteiger partial charge in [0.05, 0.1) is 16.4 Å². The minimum absolute atomic E-state index is 0.125. The Balaban J connectivity index is 1.41. The third kappa shape index (κ3) is 3.59. The molecule has 3 heterocycles. The quantitative estimate of drug-likeness (QED) is 0.659. The van der Waals surface area contributed by atoms with Crippen LogP contribution in [0.5, 0.6) is 11.5 Å². The lowest BCUT2D eigenvalue weighted by Gasteiger charge is -2.12. The number of fused-ring (bicyclic) bond motifs is 2. The molecule has 1 amide bonds. The van der Waals surface area contributed by atoms with Crippen molar-refractivity contribution in [1.29, 1.82) is 0 Å². The van der Waals surface area contributed by atoms with Gasteiger partial charge in [0.2, 0.25) is 12.7 Å². The number of thiophene rings is 1. The van der Waals surface area contributed by atoms with Gasteiger partial charge in [-0.15, -0.1) is 23.1 Å². The second kappa shape index (κ2) is 7.48. The number of hydrogen-bond acceptors (Lipinski definition) is 7. The Morgan fingerprint density at radius 1 is 1.36 bits per heavy atom. The summed E-state index contributed by atoms with van der Waals surface area (Å²) < 4.78 is 10.6. The van der Waals surface area contributed by atoms with Crippen LogP contribution in [0.2, 0.25) is 0 Å². The monoisotopic (exact) mass is 417 g/mol. The number of thioether (sulfide) groups is 1. The van der Waals surface area contributed by atoms with Crippen LogP contribution in [0.15, 0.2) is 23.0 Å². The maximum atomic E-state index is 12.5. The van der Waals surface area contributed by atoms with E-state index in [0.717, 1.165) is 15.3 Å². The van der Waals surface area contributed by atoms with E-state index in [4.69, 9.17) is 9.47 Å². The van der Waals surface area contributed by atoms with E-state index in [-0.39, 0.29) is 23.5 Å². The Bertz CT molecular complexity index is 1120. The summed E-state index contributed by atoms with van der Waals surface area (Å²) in [6.45, 7) is 5.93. The molecule has 1 aromatic carbocycles. The minimum Gasteiger partial charge on any atom is -0.454 e. The van der Waals surface area contributed by atoms with E-state index in [9.17, 15) is 9.59 Å². The number of aromatic nitrogens is 2. The van der Waals surface area contributed by atoms with Crippen molar-refractivity contribution in [3.63, 3.8) is 0 Å². The number of carbonyl (C=O) groups excluding carboxylic acids is 1. The number of carbonyl (C=O) groups is 1. The van der Waals surface area contributed by atoms with Crippen LogP contribution in [0.25, 0.3) is 10.2 Å². The summed E-state index contributed by atoms with van der Waals surface area (Å²) in [5, 5.41) is 3.21. The molecule has 0 bridgehead atoms. The van der Waals surface area contributed by atoms with E-state index in [2.05, 4.69) is 15.3 Å². The number of hydrogen-bond donors (Lipinski definition) is 2. The van der Waals surface area contributed by atoms with Crippen LogP contribution < -0.4 is 20.3 Å². The van der Waals surface area contributed by atoms with Gasteiger partial charge in [0.25, 0.3) is 5.56 Å². The maximum Gasteiger partial charge on any atom is 0.259 e. The van der Waals surface area contributed by atoms with Crippen LogP contribution in [0.4, 0.5) is 5.69 Å². The lowest BCUT2D eigenvalue weighted by atomic mass is 10.2. The summed E-state index contributed by atoms with van der Waals surface area (Å²) in [6.07, 6.45) is 0. The third-order valence-electron chi connectivity index (χ3n) is 4.57. The zero-order valence-corrected chi connectivity index (χ0v) is 17.3. The molecule has 0 saturated carbocycles. The molecule has 0 saturated heterocycles. The Labute approximate surface area is 169 Å². The molecule has 28 heavy (non-hydrogen) atoms. The predicted molar refractivity (Wildman–Crippen MR) is 112 cm³/mol. The van der Waals surface area contributed by atoms with Gasteiger partial charge >= 0.3 is 0 Å². The van der Waals surface area contributed by atoms with Crippen LogP contribution in [-0.2, 0) is 10.5 Å². The number of ether oxygens (including phenoxy) is 2. The smallest absolute Gasteiger partial charge is 0.259 e. The zero-order valence-electron chi connectivity index (χ0n) is 15.6. The van der Waals surface area contributed by atoms with Gasteiger partial charge in [-0.1, -0.05) is 0 Å². The fraction of sp³-hybridized carbons (Fsp3) is 0.316. The number of amides is 1. The molecule has 4 rings (SSSR count). The first kappa shape index (κ1) is 18.8. The highest BCUT2D eigenvalue weighted by atomic mass is 32.2. The van der Waals surface area contributed by atoms with Gasteiger partial charge in [0, 0.05) is 16.6 Å². The molecule has 146 valence electrons. The van der Waals surface area contributed by atoms with E-state index in [1.54, 1.807) is 18.2 Å². The maximum absolute atomic E-state index is 12.5. The van der Waals surface area contributed by atoms with Gasteiger partial charge < -0.3 is 19.8 Å². The van der Waals surface area contributed by atoms with Gasteiger partial charge in [0.1, 0.15) is 10.7 Å². The third-order valence-corrected chi connectivity index (χ3v) is 6.82. The molecule has 7 nitrogen and oxygen atoms in total. The topological polar surface area (TPSA) is 93.3 Å². The van der Waals surface area contributed by atoms with Crippen molar-refractivity contribution < 1.29 is 14.3 Å². The van der Waals surface area contributed by atoms with Crippen molar-refractivity contribution in [1.82, 2.24) is 9.97 Å². The van der Waals surface area contributed by atoms with Crippen molar-refractivity contribution in [3.05, 3.63) is 44.8 Å². The fourth-order valence-electron chi connectivity index (χ4n) is 2.87. The number of aromatic amines is 1. The van der Waals surface area contributed by atoms with Crippen LogP contribution in [-0.4, -0.2) is 27.9 Å². The summed E-state index contributed by atoms with van der Waals surface area (Å²) in [5.74, 6) is 2.18. The first-order valence-electron chi connectivity index (χ1n) is 8.73. The highest BCUT2D eigenvalue weighted by Crippen LogP contribution is 2.34. The van der Waals surface area contributed by atoms with Crippen molar-refractivity contribution in [2.24, 2.45) is 0 Å². The lowest BCUT2D eigenvalue weighted by Crippen LogP contribution is -2.23. The Hall–Kier alpha value is -2.52. The molecule has 9 heteroatoms. The highest BCUT2D eigenvalue weighted by molar-refractivity contribution is 7.99. The molecule has 1 aliphatic rings. The molecule has 3 aromatic rings. The van der Waals surface area contributed by atoms with E-state index in [0.29, 0.717) is 34.1 Å². The van der Waals surface area contributed by atoms with E-state index in [1.165, 1.54) is 23.1 Å². The van der Waals surface area contributed by atoms with E-state index >= 15 is 0 Å². The number of H-pyrrole nitrogens is 1. The summed E-state index contributed by atoms with van der Waals surface area (Å²) >= 11 is 2.93. The Morgan fingerprint density at radius 3 is 2.96 bits per heavy atom. The van der Waals surface area contributed by atoms with Crippen molar-refractivity contribution >= 4 is 44.9 Å². The number of benzene rings is 1. The fourth-order valence-corrected chi connectivity index (χ4v) is 4.67. The van der Waals surface area contributed by atoms with Crippen LogP contribution >= 0.6 is 23.1 Å². The predicted octanol–water partition coefficient (Wildman–Crippen LogP) is 3.59. The highest BCUT2D eigenvalue weighted by Gasteiger charge is 2.18. The molecule has 2 aromatic heterocycles. The molecule has 1 unspecified atom stereocenters. The molecular weight excluding hydrogens is 398 g/mol. The lowest BCUT2D eigenvalue weighted by molar-refractivity contribution is -0.115. The summed E-state index contributed by atoms with van der Waals surface area (Å²) in [7, 11) is 0. The standard InChI is InChI=1S/C19H19N3O4S2/c1-9-10(2)28-19-16(9)18(24)21-15(22-19)7-27-11(3)17(23)20-12-4-5-13-14(6-12)26-8-25-13/h4-6,11H,7-8H2,1-3H3,(H,20,23)(H,21,22,24). The van der Waals surface area contributed by atoms with Crippen molar-refractivity contribution in [2.45, 2.75) is 31.8 Å². The number of rotatable bonds is 5. The molecule has 0 aliphatic carbocycles. The number of nitrogens with zero attached hydrogens (tertiary/aromatic N) is 1. The second-order valence-corrected chi connectivity index (χ2v) is 9.02. The largest absolute Gasteiger partial charge is 0.454 e. The number of aryl methyl sites for hydroxylation is 2. The van der Waals surface area contributed by atoms with Crippen LogP contribution in [0.1, 0.15) is 23.2 Å². The van der Waals surface area contributed by atoms with Gasteiger partial charge in [-0.3, -0.25) is 9.59 Å². The first-order valence-corrected chi connectivity index (χ1v) is 10.6. The van der Waals surface area contributed by atoms with Gasteiger partial charge in [-0.05, 0) is 38.5 Å². The Morgan fingerprint density at radius 2 is 2.14 bits per heavy atom. The molecular formula is C19H19N3O4S2. The first-order chi connectivity index (χ1) is 13.4. The number of anilines is 1. The molecule has 1 atom stereocenters. The number of nitrogens with one attached hydrogen (secondary N) is 2. The van der Waals surface area contributed by atoms with Gasteiger partial charge in [-0.25, -0.2) is 4.98 Å². The Kier molecular flexibility index (Phi) is 5.03. The minimum atomic E-state index is -0.321. The van der Waals surface area contributed by atoms with Crippen molar-refractivity contribution in [2.75, 3.05) is 12.1 Å². The average Bonchev–Trinajstić information content (AvgIpc) is 3.23. The summed E-state index contributed by atoms with van der Waals surface area (Å²) in [6, 6.07) is 5.29. The summed E-state index contributed by atoms with van der Waals surface area (Å²) in [4.78, 5) is 34.0. The molecule has 2 N–H and O–H groups in total. The average molecular weight is 418 g/mol. The molecule has 0 spiro atoms. The summed E-state index contributed by atoms with van der Waals surface area (Å²) in [5.41, 5.74) is 1.50. The second-order valence-electron chi connectivity index (χ2n) is 6.49. The van der Waals surface area contributed by atoms with Gasteiger partial charge in [0.15, 0.2) is 11.5 Å². The molecule has 0 fully saturated rings. The van der Waals surface area contributed by atoms with Gasteiger partial charge in [-0.2, -0.15) is 0 Å².